The quantitative estimate of drug-likeness (QED) is 0.867. The summed E-state index contributed by atoms with van der Waals surface area (Å²) in [5.41, 5.74) is 0.735. The Labute approximate surface area is 128 Å². The Morgan fingerprint density at radius 1 is 1.25 bits per heavy atom. The van der Waals surface area contributed by atoms with Crippen LogP contribution in [0.2, 0.25) is 5.15 Å². The van der Waals surface area contributed by atoms with Gasteiger partial charge in [0.15, 0.2) is 0 Å². The van der Waals surface area contributed by atoms with E-state index >= 15 is 0 Å². The Balaban J connectivity index is 2.24. The lowest BCUT2D eigenvalue weighted by molar-refractivity contribution is 0.545. The minimum absolute atomic E-state index is 0.133. The molecular weight excluding hydrogens is 292 g/mol. The fraction of sp³-hybridized carbons (Fsp3) is 0.500. The Kier molecular flexibility index (Phi) is 4.30. The number of hydrogen-bond donors (Lipinski definition) is 1. The van der Waals surface area contributed by atoms with Crippen LogP contribution < -0.4 is 5.32 Å². The molecule has 0 atom stereocenters. The third-order valence-corrected chi connectivity index (χ3v) is 4.11. The van der Waals surface area contributed by atoms with Crippen molar-refractivity contribution in [3.8, 4) is 0 Å². The summed E-state index contributed by atoms with van der Waals surface area (Å²) >= 11 is 7.88. The van der Waals surface area contributed by atoms with Gasteiger partial charge in [-0.05, 0) is 13.8 Å². The van der Waals surface area contributed by atoms with Crippen molar-refractivity contribution in [1.29, 1.82) is 0 Å². The summed E-state index contributed by atoms with van der Waals surface area (Å²) in [6.45, 7) is 10.8. The number of nitrogens with zero attached hydrogens (tertiary/aromatic N) is 3. The van der Waals surface area contributed by atoms with Crippen molar-refractivity contribution in [3.63, 3.8) is 0 Å². The van der Waals surface area contributed by atoms with E-state index in [0.717, 1.165) is 22.2 Å². The average Bonchev–Trinajstić information content (AvgIpc) is 2.75. The number of nitrogens with one attached hydrogen (secondary N) is 1. The molecule has 0 saturated heterocycles. The fourth-order valence-corrected chi connectivity index (χ4v) is 2.54. The summed E-state index contributed by atoms with van der Waals surface area (Å²) < 4.78 is 0. The molecule has 2 aromatic heterocycles. The van der Waals surface area contributed by atoms with Crippen LogP contribution in [0.1, 0.15) is 42.0 Å². The van der Waals surface area contributed by atoms with Gasteiger partial charge in [0.25, 0.3) is 0 Å². The molecule has 2 heterocycles. The van der Waals surface area contributed by atoms with Crippen molar-refractivity contribution in [2.75, 3.05) is 5.32 Å². The van der Waals surface area contributed by atoms with Crippen LogP contribution in [0.3, 0.4) is 0 Å². The van der Waals surface area contributed by atoms with Crippen LogP contribution in [0.15, 0.2) is 6.20 Å². The zero-order valence-corrected chi connectivity index (χ0v) is 14.0. The van der Waals surface area contributed by atoms with Crippen LogP contribution >= 0.6 is 22.9 Å². The number of anilines is 1. The Morgan fingerprint density at radius 3 is 2.50 bits per heavy atom. The standard InChI is InChI=1S/C14H19ClN4S/c1-8-6-16-10(20-8)7-17-12-9(2)11(15)18-13(19-12)14(3,4)5/h6H,7H2,1-5H3,(H,17,18,19). The predicted octanol–water partition coefficient (Wildman–Crippen LogP) is 4.11. The van der Waals surface area contributed by atoms with Crippen LogP contribution in [-0.2, 0) is 12.0 Å². The number of thiazole rings is 1. The molecule has 20 heavy (non-hydrogen) atoms. The van der Waals surface area contributed by atoms with Crippen molar-refractivity contribution >= 4 is 28.8 Å². The lowest BCUT2D eigenvalue weighted by Gasteiger charge is -2.19. The second kappa shape index (κ2) is 5.66. The first-order valence-corrected chi connectivity index (χ1v) is 7.66. The van der Waals surface area contributed by atoms with Crippen molar-refractivity contribution in [2.24, 2.45) is 0 Å². The molecule has 0 amide bonds. The van der Waals surface area contributed by atoms with Gasteiger partial charge in [0.05, 0.1) is 6.54 Å². The summed E-state index contributed by atoms with van der Waals surface area (Å²) in [6, 6.07) is 0. The molecule has 0 aliphatic heterocycles. The lowest BCUT2D eigenvalue weighted by atomic mass is 9.95. The first-order chi connectivity index (χ1) is 9.27. The van der Waals surface area contributed by atoms with Crippen molar-refractivity contribution < 1.29 is 0 Å². The summed E-state index contributed by atoms with van der Waals surface area (Å²) in [5, 5.41) is 4.85. The van der Waals surface area contributed by atoms with Gasteiger partial charge in [0.2, 0.25) is 0 Å². The molecule has 1 N–H and O–H groups in total. The van der Waals surface area contributed by atoms with Gasteiger partial charge in [-0.15, -0.1) is 11.3 Å². The molecule has 0 fully saturated rings. The van der Waals surface area contributed by atoms with E-state index in [1.165, 1.54) is 4.88 Å². The summed E-state index contributed by atoms with van der Waals surface area (Å²) in [7, 11) is 0. The minimum Gasteiger partial charge on any atom is -0.363 e. The van der Waals surface area contributed by atoms with Gasteiger partial charge in [-0.25, -0.2) is 15.0 Å². The third kappa shape index (κ3) is 3.46. The van der Waals surface area contributed by atoms with E-state index in [4.69, 9.17) is 11.6 Å². The van der Waals surface area contributed by atoms with Gasteiger partial charge in [0, 0.05) is 22.1 Å². The maximum atomic E-state index is 6.21. The van der Waals surface area contributed by atoms with Crippen LogP contribution in [0.4, 0.5) is 5.82 Å². The van der Waals surface area contributed by atoms with Gasteiger partial charge in [-0.2, -0.15) is 0 Å². The zero-order valence-electron chi connectivity index (χ0n) is 12.4. The van der Waals surface area contributed by atoms with Crippen LogP contribution in [-0.4, -0.2) is 15.0 Å². The second-order valence-electron chi connectivity index (χ2n) is 5.78. The summed E-state index contributed by atoms with van der Waals surface area (Å²) in [4.78, 5) is 14.5. The molecule has 2 aromatic rings. The van der Waals surface area contributed by atoms with Crippen LogP contribution in [0.25, 0.3) is 0 Å². The van der Waals surface area contributed by atoms with E-state index in [1.54, 1.807) is 11.3 Å². The van der Waals surface area contributed by atoms with Crippen molar-refractivity contribution in [3.05, 3.63) is 32.6 Å². The first kappa shape index (κ1) is 15.2. The summed E-state index contributed by atoms with van der Waals surface area (Å²) in [5.74, 6) is 1.52. The maximum Gasteiger partial charge on any atom is 0.137 e. The van der Waals surface area contributed by atoms with E-state index in [9.17, 15) is 0 Å². The van der Waals surface area contributed by atoms with E-state index in [2.05, 4.69) is 41.0 Å². The van der Waals surface area contributed by atoms with Gasteiger partial charge in [0.1, 0.15) is 21.8 Å². The largest absolute Gasteiger partial charge is 0.363 e. The highest BCUT2D eigenvalue weighted by molar-refractivity contribution is 7.11. The highest BCUT2D eigenvalue weighted by atomic mass is 35.5. The molecule has 0 aromatic carbocycles. The normalized spacial score (nSPS) is 11.7. The van der Waals surface area contributed by atoms with E-state index in [1.807, 2.05) is 20.0 Å². The number of hydrogen-bond acceptors (Lipinski definition) is 5. The van der Waals surface area contributed by atoms with E-state index in [-0.39, 0.29) is 5.41 Å². The molecule has 6 heteroatoms. The summed E-state index contributed by atoms with van der Waals surface area (Å²) in [6.07, 6.45) is 1.88. The molecule has 2 rings (SSSR count). The number of aryl methyl sites for hydroxylation is 1. The molecule has 0 radical (unpaired) electrons. The van der Waals surface area contributed by atoms with Gasteiger partial charge >= 0.3 is 0 Å². The first-order valence-electron chi connectivity index (χ1n) is 6.47. The smallest absolute Gasteiger partial charge is 0.137 e. The number of halogens is 1. The zero-order chi connectivity index (χ0) is 14.9. The Bertz CT molecular complexity index is 616. The SMILES string of the molecule is Cc1cnc(CNc2nc(C(C)(C)C)nc(Cl)c2C)s1. The van der Waals surface area contributed by atoms with Crippen molar-refractivity contribution in [2.45, 2.75) is 46.6 Å². The Hall–Kier alpha value is -1.20. The second-order valence-corrected chi connectivity index (χ2v) is 7.46. The number of rotatable bonds is 3. The van der Waals surface area contributed by atoms with Crippen LogP contribution in [0, 0.1) is 13.8 Å². The topological polar surface area (TPSA) is 50.7 Å². The third-order valence-electron chi connectivity index (χ3n) is 2.83. The number of aromatic nitrogens is 3. The van der Waals surface area contributed by atoms with E-state index in [0.29, 0.717) is 11.7 Å². The molecule has 4 nitrogen and oxygen atoms in total. The highest BCUT2D eigenvalue weighted by Gasteiger charge is 2.20. The van der Waals surface area contributed by atoms with E-state index < -0.39 is 0 Å². The molecule has 0 bridgehead atoms. The molecule has 0 saturated carbocycles. The molecule has 0 aliphatic rings. The molecule has 108 valence electrons. The average molecular weight is 311 g/mol. The molecule has 0 aliphatic carbocycles. The lowest BCUT2D eigenvalue weighted by Crippen LogP contribution is -2.18. The molecule has 0 spiro atoms. The predicted molar refractivity (Wildman–Crippen MR) is 84.7 cm³/mol. The van der Waals surface area contributed by atoms with Gasteiger partial charge in [-0.3, -0.25) is 0 Å². The van der Waals surface area contributed by atoms with Crippen LogP contribution in [0.5, 0.6) is 0 Å². The van der Waals surface area contributed by atoms with Gasteiger partial charge < -0.3 is 5.32 Å². The van der Waals surface area contributed by atoms with Crippen molar-refractivity contribution in [1.82, 2.24) is 15.0 Å². The Morgan fingerprint density at radius 2 is 1.95 bits per heavy atom. The maximum absolute atomic E-state index is 6.21. The highest BCUT2D eigenvalue weighted by Crippen LogP contribution is 2.26. The molecule has 0 unspecified atom stereocenters. The minimum atomic E-state index is -0.133. The monoisotopic (exact) mass is 310 g/mol. The fourth-order valence-electron chi connectivity index (χ4n) is 1.64. The van der Waals surface area contributed by atoms with Gasteiger partial charge in [-0.1, -0.05) is 32.4 Å². The molecular formula is C14H19ClN4S.